The standard InChI is InChI=1S/C16H34N2/c1-8-16(5,6)18(7)12-13-10-11-15(3,4)14(13)17-9-2/h13-14,17H,8-12H2,1-7H3. The van der Waals surface area contributed by atoms with E-state index in [0.29, 0.717) is 17.0 Å². The molecule has 2 atom stereocenters. The third-order valence-corrected chi connectivity index (χ3v) is 5.30. The molecule has 1 aliphatic rings. The highest BCUT2D eigenvalue weighted by atomic mass is 15.2. The molecule has 0 aliphatic heterocycles. The van der Waals surface area contributed by atoms with Crippen LogP contribution in [-0.4, -0.2) is 36.6 Å². The van der Waals surface area contributed by atoms with E-state index in [1.54, 1.807) is 0 Å². The fraction of sp³-hybridized carbons (Fsp3) is 1.00. The first kappa shape index (κ1) is 16.0. The molecule has 1 rings (SSSR count). The Morgan fingerprint density at radius 1 is 1.28 bits per heavy atom. The summed E-state index contributed by atoms with van der Waals surface area (Å²) in [6.07, 6.45) is 3.94. The topological polar surface area (TPSA) is 15.3 Å². The van der Waals surface area contributed by atoms with Crippen molar-refractivity contribution in [2.24, 2.45) is 11.3 Å². The molecule has 1 N–H and O–H groups in total. The highest BCUT2D eigenvalue weighted by molar-refractivity contribution is 4.97. The summed E-state index contributed by atoms with van der Waals surface area (Å²) in [5, 5.41) is 3.73. The molecular weight excluding hydrogens is 220 g/mol. The van der Waals surface area contributed by atoms with E-state index in [2.05, 4.69) is 58.8 Å². The lowest BCUT2D eigenvalue weighted by Crippen LogP contribution is -2.49. The van der Waals surface area contributed by atoms with Crippen LogP contribution in [0.1, 0.15) is 60.8 Å². The quantitative estimate of drug-likeness (QED) is 0.780. The zero-order chi connectivity index (χ0) is 14.0. The number of nitrogens with one attached hydrogen (secondary N) is 1. The molecule has 0 aromatic carbocycles. The molecule has 2 heteroatoms. The fourth-order valence-electron chi connectivity index (χ4n) is 3.25. The van der Waals surface area contributed by atoms with E-state index in [0.717, 1.165) is 12.5 Å². The second-order valence-corrected chi connectivity index (χ2v) is 7.37. The van der Waals surface area contributed by atoms with E-state index >= 15 is 0 Å². The molecule has 0 saturated heterocycles. The van der Waals surface area contributed by atoms with Gasteiger partial charge in [0.25, 0.3) is 0 Å². The van der Waals surface area contributed by atoms with E-state index in [1.807, 2.05) is 0 Å². The third kappa shape index (κ3) is 3.48. The molecule has 0 spiro atoms. The van der Waals surface area contributed by atoms with Gasteiger partial charge in [0.1, 0.15) is 0 Å². The van der Waals surface area contributed by atoms with Crippen molar-refractivity contribution in [3.05, 3.63) is 0 Å². The second-order valence-electron chi connectivity index (χ2n) is 7.37. The van der Waals surface area contributed by atoms with Crippen LogP contribution in [0.3, 0.4) is 0 Å². The Kier molecular flexibility index (Phi) is 5.25. The van der Waals surface area contributed by atoms with Crippen LogP contribution in [0.4, 0.5) is 0 Å². The molecule has 18 heavy (non-hydrogen) atoms. The number of hydrogen-bond donors (Lipinski definition) is 1. The van der Waals surface area contributed by atoms with Crippen molar-refractivity contribution in [1.29, 1.82) is 0 Å². The van der Waals surface area contributed by atoms with Gasteiger partial charge in [-0.1, -0.05) is 27.7 Å². The van der Waals surface area contributed by atoms with Gasteiger partial charge in [0.2, 0.25) is 0 Å². The average Bonchev–Trinajstić information content (AvgIpc) is 2.57. The molecule has 1 fully saturated rings. The van der Waals surface area contributed by atoms with E-state index < -0.39 is 0 Å². The Bertz CT molecular complexity index is 258. The lowest BCUT2D eigenvalue weighted by atomic mass is 9.84. The average molecular weight is 254 g/mol. The van der Waals surface area contributed by atoms with Crippen LogP contribution in [0, 0.1) is 11.3 Å². The summed E-state index contributed by atoms with van der Waals surface area (Å²) in [5.74, 6) is 0.802. The van der Waals surface area contributed by atoms with E-state index in [9.17, 15) is 0 Å². The molecule has 108 valence electrons. The summed E-state index contributed by atoms with van der Waals surface area (Å²) in [5.41, 5.74) is 0.779. The van der Waals surface area contributed by atoms with Crippen molar-refractivity contribution in [3.8, 4) is 0 Å². The van der Waals surface area contributed by atoms with Crippen LogP contribution in [0.15, 0.2) is 0 Å². The summed E-state index contributed by atoms with van der Waals surface area (Å²) in [6.45, 7) is 16.4. The molecule has 0 aromatic rings. The van der Waals surface area contributed by atoms with Crippen molar-refractivity contribution in [2.45, 2.75) is 72.4 Å². The van der Waals surface area contributed by atoms with Gasteiger partial charge in [-0.25, -0.2) is 0 Å². The predicted molar refractivity (Wildman–Crippen MR) is 81.0 cm³/mol. The number of hydrogen-bond acceptors (Lipinski definition) is 2. The van der Waals surface area contributed by atoms with Crippen LogP contribution in [0.2, 0.25) is 0 Å². The molecule has 0 heterocycles. The summed E-state index contributed by atoms with van der Waals surface area (Å²) in [6, 6.07) is 0.678. The van der Waals surface area contributed by atoms with Crippen molar-refractivity contribution in [1.82, 2.24) is 10.2 Å². The van der Waals surface area contributed by atoms with Gasteiger partial charge in [0.05, 0.1) is 0 Å². The first-order chi connectivity index (χ1) is 8.24. The van der Waals surface area contributed by atoms with Crippen molar-refractivity contribution in [2.75, 3.05) is 20.1 Å². The van der Waals surface area contributed by atoms with Gasteiger partial charge in [-0.3, -0.25) is 0 Å². The van der Waals surface area contributed by atoms with E-state index in [4.69, 9.17) is 0 Å². The van der Waals surface area contributed by atoms with Gasteiger partial charge < -0.3 is 10.2 Å². The van der Waals surface area contributed by atoms with Gasteiger partial charge in [-0.05, 0) is 58.0 Å². The van der Waals surface area contributed by atoms with Crippen molar-refractivity contribution < 1.29 is 0 Å². The summed E-state index contributed by atoms with van der Waals surface area (Å²) >= 11 is 0. The highest BCUT2D eigenvalue weighted by Crippen LogP contribution is 2.42. The Morgan fingerprint density at radius 2 is 1.89 bits per heavy atom. The van der Waals surface area contributed by atoms with E-state index in [-0.39, 0.29) is 0 Å². The maximum atomic E-state index is 3.73. The van der Waals surface area contributed by atoms with Crippen LogP contribution < -0.4 is 5.32 Å². The van der Waals surface area contributed by atoms with Crippen LogP contribution in [0.25, 0.3) is 0 Å². The maximum absolute atomic E-state index is 3.73. The molecule has 1 aliphatic carbocycles. The Morgan fingerprint density at radius 3 is 2.39 bits per heavy atom. The minimum atomic E-state index is 0.323. The first-order valence-electron chi connectivity index (χ1n) is 7.69. The minimum absolute atomic E-state index is 0.323. The maximum Gasteiger partial charge on any atom is 0.0159 e. The predicted octanol–water partition coefficient (Wildman–Crippen LogP) is 3.52. The van der Waals surface area contributed by atoms with E-state index in [1.165, 1.54) is 25.8 Å². The Hall–Kier alpha value is -0.0800. The largest absolute Gasteiger partial charge is 0.313 e. The number of rotatable bonds is 6. The lowest BCUT2D eigenvalue weighted by molar-refractivity contribution is 0.112. The zero-order valence-electron chi connectivity index (χ0n) is 13.6. The van der Waals surface area contributed by atoms with Crippen LogP contribution in [-0.2, 0) is 0 Å². The molecular formula is C16H34N2. The Balaban J connectivity index is 2.66. The molecule has 2 unspecified atom stereocenters. The number of nitrogens with zero attached hydrogens (tertiary/aromatic N) is 1. The second kappa shape index (κ2) is 5.92. The zero-order valence-corrected chi connectivity index (χ0v) is 13.6. The smallest absolute Gasteiger partial charge is 0.0159 e. The third-order valence-electron chi connectivity index (χ3n) is 5.30. The van der Waals surface area contributed by atoms with Crippen molar-refractivity contribution >= 4 is 0 Å². The van der Waals surface area contributed by atoms with Gasteiger partial charge in [-0.2, -0.15) is 0 Å². The van der Waals surface area contributed by atoms with Gasteiger partial charge in [-0.15, -0.1) is 0 Å². The molecule has 0 aromatic heterocycles. The SMILES string of the molecule is CCNC1C(CN(C)C(C)(C)CC)CCC1(C)C. The first-order valence-corrected chi connectivity index (χ1v) is 7.69. The minimum Gasteiger partial charge on any atom is -0.313 e. The van der Waals surface area contributed by atoms with Gasteiger partial charge in [0.15, 0.2) is 0 Å². The fourth-order valence-corrected chi connectivity index (χ4v) is 3.25. The van der Waals surface area contributed by atoms with Crippen LogP contribution >= 0.6 is 0 Å². The lowest BCUT2D eigenvalue weighted by Gasteiger charge is -2.39. The molecule has 2 nitrogen and oxygen atoms in total. The summed E-state index contributed by atoms with van der Waals surface area (Å²) in [4.78, 5) is 2.56. The van der Waals surface area contributed by atoms with Crippen molar-refractivity contribution in [3.63, 3.8) is 0 Å². The molecule has 0 radical (unpaired) electrons. The van der Waals surface area contributed by atoms with Crippen LogP contribution in [0.5, 0.6) is 0 Å². The highest BCUT2D eigenvalue weighted by Gasteiger charge is 2.42. The molecule has 0 amide bonds. The summed E-state index contributed by atoms with van der Waals surface area (Å²) < 4.78 is 0. The summed E-state index contributed by atoms with van der Waals surface area (Å²) in [7, 11) is 2.29. The molecule has 1 saturated carbocycles. The van der Waals surface area contributed by atoms with Gasteiger partial charge in [0, 0.05) is 18.1 Å². The normalized spacial score (nSPS) is 28.0. The van der Waals surface area contributed by atoms with Gasteiger partial charge >= 0.3 is 0 Å². The monoisotopic (exact) mass is 254 g/mol. The Labute approximate surface area is 115 Å². The molecule has 0 bridgehead atoms.